The summed E-state index contributed by atoms with van der Waals surface area (Å²) in [6.07, 6.45) is 0. The van der Waals surface area contributed by atoms with Crippen LogP contribution in [0.3, 0.4) is 0 Å². The van der Waals surface area contributed by atoms with Crippen LogP contribution in [0, 0.1) is 23.0 Å². The number of aromatic nitrogens is 3. The second-order valence-electron chi connectivity index (χ2n) is 17.8. The van der Waals surface area contributed by atoms with Gasteiger partial charge in [-0.25, -0.2) is 8.78 Å². The molecule has 0 radical (unpaired) electrons. The van der Waals surface area contributed by atoms with E-state index in [1.165, 1.54) is 45.2 Å². The lowest BCUT2D eigenvalue weighted by atomic mass is 9.89. The Morgan fingerprint density at radius 1 is 0.382 bits per heavy atom. The van der Waals surface area contributed by atoms with Crippen molar-refractivity contribution < 1.29 is 8.78 Å². The van der Waals surface area contributed by atoms with Gasteiger partial charge in [0.2, 0.25) is 0 Å². The molecule has 10 aromatic carbocycles. The topological polar surface area (TPSA) is 38.6 Å². The number of halogens is 2. The molecule has 0 unspecified atom stereocenters. The van der Waals surface area contributed by atoms with E-state index < -0.39 is 11.6 Å². The molecule has 0 saturated carbocycles. The molecule has 6 heteroatoms. The minimum Gasteiger partial charge on any atom is -0.309 e. The number of benzene rings is 10. The van der Waals surface area contributed by atoms with E-state index in [2.05, 4.69) is 177 Å². The highest BCUT2D eigenvalue weighted by Gasteiger charge is 2.31. The number of fused-ring (bicyclic) bond motifs is 12. The lowest BCUT2D eigenvalue weighted by Crippen LogP contribution is -2.07. The van der Waals surface area contributed by atoms with Crippen molar-refractivity contribution in [3.63, 3.8) is 0 Å². The zero-order valence-corrected chi connectivity index (χ0v) is 36.3. The van der Waals surface area contributed by atoms with Gasteiger partial charge in [-0.3, -0.25) is 0 Å². The molecular formula is C62H36F2N4. The fourth-order valence-corrected chi connectivity index (χ4v) is 11.5. The van der Waals surface area contributed by atoms with Gasteiger partial charge >= 0.3 is 0 Å². The third kappa shape index (κ3) is 5.39. The Bertz CT molecular complexity index is 4210. The standard InChI is InChI=1S/C62H36F2N4/c63-39-31-38(32-40(64)34-39)42-29-30-58(67-56-23-11-7-17-47(56)50-28-26-41(35-60(50)67)66-54-21-9-5-15-45(54)46-16-6-10-22-55(46)66)53(36-65)62(42)68-57-24-12-8-18-48(57)49-27-25-37(33-59(49)68)61-51-19-3-1-13-43(51)44-14-2-4-20-52(44)61/h1-35,61H. The summed E-state index contributed by atoms with van der Waals surface area (Å²) in [5.41, 5.74) is 15.2. The average Bonchev–Trinajstić information content (AvgIpc) is 4.10. The highest BCUT2D eigenvalue weighted by molar-refractivity contribution is 6.13. The average molecular weight is 875 g/mol. The molecule has 318 valence electrons. The maximum absolute atomic E-state index is 15.4. The van der Waals surface area contributed by atoms with Gasteiger partial charge in [0.1, 0.15) is 23.3 Å². The molecule has 0 atom stereocenters. The van der Waals surface area contributed by atoms with E-state index in [-0.39, 0.29) is 5.92 Å². The summed E-state index contributed by atoms with van der Waals surface area (Å²) in [5.74, 6) is -1.42. The summed E-state index contributed by atoms with van der Waals surface area (Å²) in [4.78, 5) is 0. The third-order valence-electron chi connectivity index (χ3n) is 14.3. The van der Waals surface area contributed by atoms with Gasteiger partial charge in [0.05, 0.1) is 44.5 Å². The van der Waals surface area contributed by atoms with Gasteiger partial charge < -0.3 is 13.7 Å². The van der Waals surface area contributed by atoms with E-state index in [1.54, 1.807) is 0 Å². The van der Waals surface area contributed by atoms with Gasteiger partial charge in [-0.15, -0.1) is 0 Å². The lowest BCUT2D eigenvalue weighted by Gasteiger charge is -2.21. The Balaban J connectivity index is 1.09. The molecule has 1 aliphatic carbocycles. The largest absolute Gasteiger partial charge is 0.309 e. The Hall–Kier alpha value is -9.05. The SMILES string of the molecule is N#Cc1c(-n2c3ccccc3c3ccc(-n4c5ccccc5c5ccccc54)cc32)ccc(-c2cc(F)cc(F)c2)c1-n1c2ccccc2c2ccc(C3c4ccccc4-c4ccccc43)cc21. The zero-order chi connectivity index (χ0) is 45.2. The van der Waals surface area contributed by atoms with Crippen LogP contribution in [0.25, 0.3) is 105 Å². The van der Waals surface area contributed by atoms with E-state index >= 15 is 8.78 Å². The van der Waals surface area contributed by atoms with Gasteiger partial charge in [-0.1, -0.05) is 146 Å². The molecule has 0 aliphatic heterocycles. The predicted octanol–water partition coefficient (Wildman–Crippen LogP) is 16.0. The normalized spacial score (nSPS) is 12.5. The maximum atomic E-state index is 15.4. The molecule has 13 aromatic rings. The molecule has 0 fully saturated rings. The number of para-hydroxylation sites is 4. The molecule has 68 heavy (non-hydrogen) atoms. The van der Waals surface area contributed by atoms with Crippen molar-refractivity contribution in [1.29, 1.82) is 5.26 Å². The molecule has 3 heterocycles. The van der Waals surface area contributed by atoms with Crippen LogP contribution in [0.5, 0.6) is 0 Å². The molecule has 0 spiro atoms. The summed E-state index contributed by atoms with van der Waals surface area (Å²) >= 11 is 0. The first-order chi connectivity index (χ1) is 33.5. The number of rotatable bonds is 5. The van der Waals surface area contributed by atoms with Crippen molar-refractivity contribution >= 4 is 65.4 Å². The maximum Gasteiger partial charge on any atom is 0.126 e. The van der Waals surface area contributed by atoms with Crippen LogP contribution in [0.15, 0.2) is 212 Å². The number of nitrogens with zero attached hydrogens (tertiary/aromatic N) is 4. The third-order valence-corrected chi connectivity index (χ3v) is 14.3. The van der Waals surface area contributed by atoms with Crippen LogP contribution in [-0.2, 0) is 0 Å². The molecule has 0 N–H and O–H groups in total. The molecule has 1 aliphatic rings. The van der Waals surface area contributed by atoms with Crippen LogP contribution in [0.1, 0.15) is 28.2 Å². The molecule has 0 saturated heterocycles. The van der Waals surface area contributed by atoms with Crippen LogP contribution in [-0.4, -0.2) is 13.7 Å². The molecule has 4 nitrogen and oxygen atoms in total. The van der Waals surface area contributed by atoms with Gasteiger partial charge in [-0.05, 0) is 94.0 Å². The summed E-state index contributed by atoms with van der Waals surface area (Å²) in [6, 6.07) is 74.0. The minimum atomic E-state index is -0.698. The first kappa shape index (κ1) is 38.2. The first-order valence-corrected chi connectivity index (χ1v) is 22.8. The van der Waals surface area contributed by atoms with Crippen molar-refractivity contribution in [3.8, 4) is 45.4 Å². The summed E-state index contributed by atoms with van der Waals surface area (Å²) in [6.45, 7) is 0. The van der Waals surface area contributed by atoms with E-state index in [4.69, 9.17) is 0 Å². The van der Waals surface area contributed by atoms with E-state index in [1.807, 2.05) is 36.4 Å². The molecule has 14 rings (SSSR count). The monoisotopic (exact) mass is 874 g/mol. The van der Waals surface area contributed by atoms with Gasteiger partial charge in [0.15, 0.2) is 0 Å². The molecule has 0 bridgehead atoms. The predicted molar refractivity (Wildman–Crippen MR) is 272 cm³/mol. The minimum absolute atomic E-state index is 0.0295. The summed E-state index contributed by atoms with van der Waals surface area (Å²) in [7, 11) is 0. The second kappa shape index (κ2) is 14.5. The molecular weight excluding hydrogens is 839 g/mol. The van der Waals surface area contributed by atoms with Gasteiger partial charge in [0.25, 0.3) is 0 Å². The number of hydrogen-bond acceptors (Lipinski definition) is 1. The smallest absolute Gasteiger partial charge is 0.126 e. The fourth-order valence-electron chi connectivity index (χ4n) is 11.5. The lowest BCUT2D eigenvalue weighted by molar-refractivity contribution is 0.584. The zero-order valence-electron chi connectivity index (χ0n) is 36.3. The Morgan fingerprint density at radius 3 is 1.43 bits per heavy atom. The van der Waals surface area contributed by atoms with E-state index in [9.17, 15) is 5.26 Å². The van der Waals surface area contributed by atoms with E-state index in [0.29, 0.717) is 28.1 Å². The first-order valence-electron chi connectivity index (χ1n) is 22.8. The van der Waals surface area contributed by atoms with Crippen molar-refractivity contribution in [2.45, 2.75) is 5.92 Å². The highest BCUT2D eigenvalue weighted by atomic mass is 19.1. The fraction of sp³-hybridized carbons (Fsp3) is 0.0161. The van der Waals surface area contributed by atoms with Crippen molar-refractivity contribution in [2.24, 2.45) is 0 Å². The molecule has 3 aromatic heterocycles. The Morgan fingerprint density at radius 2 is 0.853 bits per heavy atom. The second-order valence-corrected chi connectivity index (χ2v) is 17.8. The van der Waals surface area contributed by atoms with Gasteiger partial charge in [-0.2, -0.15) is 5.26 Å². The Kier molecular flexibility index (Phi) is 8.14. The van der Waals surface area contributed by atoms with Crippen molar-refractivity contribution in [2.75, 3.05) is 0 Å². The van der Waals surface area contributed by atoms with Crippen molar-refractivity contribution in [1.82, 2.24) is 13.7 Å². The highest BCUT2D eigenvalue weighted by Crippen LogP contribution is 2.49. The van der Waals surface area contributed by atoms with Crippen LogP contribution in [0.2, 0.25) is 0 Å². The molecule has 0 amide bonds. The van der Waals surface area contributed by atoms with Gasteiger partial charge in [0, 0.05) is 55.6 Å². The summed E-state index contributed by atoms with van der Waals surface area (Å²) < 4.78 is 37.5. The quantitative estimate of drug-likeness (QED) is 0.170. The van der Waals surface area contributed by atoms with Crippen LogP contribution in [0.4, 0.5) is 8.78 Å². The van der Waals surface area contributed by atoms with Crippen LogP contribution < -0.4 is 0 Å². The van der Waals surface area contributed by atoms with Crippen molar-refractivity contribution in [3.05, 3.63) is 246 Å². The summed E-state index contributed by atoms with van der Waals surface area (Å²) in [5, 5.41) is 18.2. The van der Waals surface area contributed by atoms with E-state index in [0.717, 1.165) is 72.0 Å². The number of hydrogen-bond donors (Lipinski definition) is 0. The Labute approximate surface area is 389 Å². The van der Waals surface area contributed by atoms with Crippen LogP contribution >= 0.6 is 0 Å². The number of nitriles is 1.